The lowest BCUT2D eigenvalue weighted by atomic mass is 9.76. The van der Waals surface area contributed by atoms with Gasteiger partial charge in [-0.3, -0.25) is 0 Å². The van der Waals surface area contributed by atoms with E-state index in [2.05, 4.69) is 0 Å². The minimum absolute atomic E-state index is 0.0668. The fourth-order valence-corrected chi connectivity index (χ4v) is 5.03. The number of aliphatic hydroxyl groups excluding tert-OH is 1. The molecule has 4 nitrogen and oxygen atoms in total. The van der Waals surface area contributed by atoms with E-state index in [0.29, 0.717) is 36.1 Å². The molecule has 2 atom stereocenters. The van der Waals surface area contributed by atoms with E-state index in [1.165, 1.54) is 36.4 Å². The molecule has 0 amide bonds. The molecule has 3 aromatic carbocycles. The molecule has 0 radical (unpaired) electrons. The molecule has 0 spiro atoms. The molecule has 1 aliphatic carbocycles. The summed E-state index contributed by atoms with van der Waals surface area (Å²) in [6.07, 6.45) is 2.36. The van der Waals surface area contributed by atoms with Crippen LogP contribution >= 0.6 is 0 Å². The molecular weight excluding hydrogens is 469 g/mol. The summed E-state index contributed by atoms with van der Waals surface area (Å²) in [4.78, 5) is 12.5. The largest absolute Gasteiger partial charge is 0.423 e. The molecule has 1 N–H and O–H groups in total. The summed E-state index contributed by atoms with van der Waals surface area (Å²) in [6, 6.07) is 13.3. The molecule has 1 aliphatic heterocycles. The van der Waals surface area contributed by atoms with Crippen molar-refractivity contribution in [3.05, 3.63) is 88.7 Å². The highest BCUT2D eigenvalue weighted by molar-refractivity contribution is 5.91. The van der Waals surface area contributed by atoms with Crippen molar-refractivity contribution in [2.45, 2.75) is 50.7 Å². The predicted octanol–water partition coefficient (Wildman–Crippen LogP) is 6.72. The number of ether oxygens (including phenoxy) is 2. The lowest BCUT2D eigenvalue weighted by Gasteiger charge is -2.30. The Hall–Kier alpha value is -3.16. The van der Waals surface area contributed by atoms with Crippen molar-refractivity contribution in [3.63, 3.8) is 0 Å². The van der Waals surface area contributed by atoms with Gasteiger partial charge in [0, 0.05) is 17.2 Å². The van der Waals surface area contributed by atoms with Crippen LogP contribution in [0.15, 0.2) is 54.6 Å². The van der Waals surface area contributed by atoms with E-state index in [9.17, 15) is 14.3 Å². The molecule has 1 heterocycles. The lowest BCUT2D eigenvalue weighted by Crippen LogP contribution is -2.23. The number of aliphatic hydroxyl groups is 1. The fourth-order valence-electron chi connectivity index (χ4n) is 5.03. The summed E-state index contributed by atoms with van der Waals surface area (Å²) in [5, 5.41) is 9.78. The van der Waals surface area contributed by atoms with E-state index in [1.54, 1.807) is 19.1 Å². The summed E-state index contributed by atoms with van der Waals surface area (Å²) in [7, 11) is 0. The van der Waals surface area contributed by atoms with Crippen LogP contribution in [-0.4, -0.2) is 23.8 Å². The third kappa shape index (κ3) is 5.04. The summed E-state index contributed by atoms with van der Waals surface area (Å²) < 4.78 is 54.5. The van der Waals surface area contributed by atoms with Crippen LogP contribution in [0.2, 0.25) is 0 Å². The lowest BCUT2D eigenvalue weighted by molar-refractivity contribution is 0.0734. The summed E-state index contributed by atoms with van der Waals surface area (Å²) >= 11 is 0. The molecule has 0 bridgehead atoms. The van der Waals surface area contributed by atoms with Crippen LogP contribution in [0.25, 0.3) is 11.1 Å². The fraction of sp³-hybridized carbons (Fsp3) is 0.345. The molecule has 2 aliphatic rings. The first-order chi connectivity index (χ1) is 17.3. The number of epoxide rings is 1. The van der Waals surface area contributed by atoms with Gasteiger partial charge in [0.2, 0.25) is 0 Å². The van der Waals surface area contributed by atoms with Gasteiger partial charge in [0.15, 0.2) is 11.6 Å². The van der Waals surface area contributed by atoms with Gasteiger partial charge >= 0.3 is 5.97 Å². The molecule has 1 saturated heterocycles. The van der Waals surface area contributed by atoms with Crippen LogP contribution in [0.1, 0.15) is 66.1 Å². The second-order valence-electron chi connectivity index (χ2n) is 9.65. The predicted molar refractivity (Wildman–Crippen MR) is 128 cm³/mol. The summed E-state index contributed by atoms with van der Waals surface area (Å²) in [6.45, 7) is 2.24. The third-order valence-corrected chi connectivity index (χ3v) is 7.30. The average Bonchev–Trinajstić information content (AvgIpc) is 3.71. The Bertz CT molecular complexity index is 1260. The minimum Gasteiger partial charge on any atom is -0.423 e. The summed E-state index contributed by atoms with van der Waals surface area (Å²) in [5.74, 6) is -2.77. The van der Waals surface area contributed by atoms with Crippen LogP contribution in [0.5, 0.6) is 5.75 Å². The van der Waals surface area contributed by atoms with Gasteiger partial charge < -0.3 is 14.6 Å². The van der Waals surface area contributed by atoms with E-state index < -0.39 is 23.4 Å². The van der Waals surface area contributed by atoms with Gasteiger partial charge in [0.1, 0.15) is 17.7 Å². The highest BCUT2D eigenvalue weighted by Gasteiger charge is 2.29. The zero-order chi connectivity index (χ0) is 25.4. The van der Waals surface area contributed by atoms with Gasteiger partial charge in [-0.15, -0.1) is 0 Å². The molecule has 36 heavy (non-hydrogen) atoms. The topological polar surface area (TPSA) is 59.1 Å². The first-order valence-corrected chi connectivity index (χ1v) is 12.2. The third-order valence-electron chi connectivity index (χ3n) is 7.30. The SMILES string of the molecule is CC(O)C1CCC(c2ccc(-c3ccc(C(=O)Oc4ccc(C5CO5)c(F)c4)cc3)c(F)c2F)CC1. The maximum Gasteiger partial charge on any atom is 0.343 e. The van der Waals surface area contributed by atoms with E-state index in [-0.39, 0.29) is 40.9 Å². The van der Waals surface area contributed by atoms with Crippen molar-refractivity contribution in [2.75, 3.05) is 6.61 Å². The first-order valence-electron chi connectivity index (χ1n) is 12.2. The highest BCUT2D eigenvalue weighted by Crippen LogP contribution is 2.40. The van der Waals surface area contributed by atoms with Crippen LogP contribution in [0, 0.1) is 23.4 Å². The zero-order valence-electron chi connectivity index (χ0n) is 19.8. The zero-order valence-corrected chi connectivity index (χ0v) is 19.8. The summed E-state index contributed by atoms with van der Waals surface area (Å²) in [5.41, 5.74) is 1.51. The molecular formula is C29H27F3O4. The van der Waals surface area contributed by atoms with Gasteiger partial charge in [-0.2, -0.15) is 0 Å². The molecule has 5 rings (SSSR count). The van der Waals surface area contributed by atoms with Gasteiger partial charge in [-0.1, -0.05) is 24.3 Å². The second-order valence-corrected chi connectivity index (χ2v) is 9.65. The normalized spacial score (nSPS) is 22.2. The molecule has 3 aromatic rings. The Balaban J connectivity index is 1.28. The van der Waals surface area contributed by atoms with Crippen molar-refractivity contribution in [3.8, 4) is 16.9 Å². The van der Waals surface area contributed by atoms with E-state index in [0.717, 1.165) is 18.9 Å². The molecule has 2 unspecified atom stereocenters. The maximum absolute atomic E-state index is 15.0. The number of hydrogen-bond acceptors (Lipinski definition) is 4. The van der Waals surface area contributed by atoms with Crippen LogP contribution in [0.3, 0.4) is 0 Å². The van der Waals surface area contributed by atoms with Gasteiger partial charge in [0.25, 0.3) is 0 Å². The van der Waals surface area contributed by atoms with E-state index in [4.69, 9.17) is 9.47 Å². The number of rotatable bonds is 6. The monoisotopic (exact) mass is 496 g/mol. The maximum atomic E-state index is 15.0. The smallest absolute Gasteiger partial charge is 0.343 e. The van der Waals surface area contributed by atoms with Crippen LogP contribution in [0.4, 0.5) is 13.2 Å². The van der Waals surface area contributed by atoms with Crippen molar-refractivity contribution in [2.24, 2.45) is 5.92 Å². The van der Waals surface area contributed by atoms with Crippen LogP contribution < -0.4 is 4.74 Å². The number of benzene rings is 3. The average molecular weight is 497 g/mol. The minimum atomic E-state index is -0.921. The standard InChI is InChI=1S/C29H27F3O4/c1-16(33)17-2-4-18(5-3-17)22-12-13-23(28(32)27(22)31)19-6-8-20(9-7-19)29(34)36-21-10-11-24(25(30)14-21)26-15-35-26/h6-14,16-18,26,33H,2-5,15H2,1H3. The van der Waals surface area contributed by atoms with Crippen molar-refractivity contribution in [1.82, 2.24) is 0 Å². The number of hydrogen-bond donors (Lipinski definition) is 1. The Labute approximate surface area is 207 Å². The molecule has 1 saturated carbocycles. The Morgan fingerprint density at radius 2 is 1.61 bits per heavy atom. The molecule has 2 fully saturated rings. The van der Waals surface area contributed by atoms with Gasteiger partial charge in [-0.25, -0.2) is 18.0 Å². The quantitative estimate of drug-likeness (QED) is 0.234. The first kappa shape index (κ1) is 24.5. The molecule has 188 valence electrons. The number of esters is 1. The molecule has 7 heteroatoms. The number of carbonyl (C=O) groups is 1. The van der Waals surface area contributed by atoms with Gasteiger partial charge in [-0.05, 0) is 79.8 Å². The van der Waals surface area contributed by atoms with Crippen molar-refractivity contribution >= 4 is 5.97 Å². The Morgan fingerprint density at radius 3 is 2.22 bits per heavy atom. The highest BCUT2D eigenvalue weighted by atomic mass is 19.2. The Morgan fingerprint density at radius 1 is 0.944 bits per heavy atom. The van der Waals surface area contributed by atoms with E-state index in [1.807, 2.05) is 0 Å². The van der Waals surface area contributed by atoms with Crippen molar-refractivity contribution < 1.29 is 32.5 Å². The van der Waals surface area contributed by atoms with Crippen molar-refractivity contribution in [1.29, 1.82) is 0 Å². The molecule has 0 aromatic heterocycles. The number of halogens is 3. The second kappa shape index (κ2) is 10.1. The van der Waals surface area contributed by atoms with Gasteiger partial charge in [0.05, 0.1) is 18.3 Å². The Kier molecular flexibility index (Phi) is 6.86. The van der Waals surface area contributed by atoms with Crippen LogP contribution in [-0.2, 0) is 4.74 Å². The van der Waals surface area contributed by atoms with E-state index >= 15 is 8.78 Å². The number of carbonyl (C=O) groups excluding carboxylic acids is 1.